The summed E-state index contributed by atoms with van der Waals surface area (Å²) in [6.45, 7) is 5.05. The van der Waals surface area contributed by atoms with Crippen molar-refractivity contribution in [1.29, 1.82) is 0 Å². The van der Waals surface area contributed by atoms with Gasteiger partial charge in [-0.15, -0.1) is 0 Å². The topological polar surface area (TPSA) is 56.7 Å². The Hall–Kier alpha value is -2.82. The van der Waals surface area contributed by atoms with Crippen molar-refractivity contribution in [3.05, 3.63) is 59.8 Å². The van der Waals surface area contributed by atoms with E-state index in [0.29, 0.717) is 19.0 Å². The molecule has 0 bridgehead atoms. The molecule has 134 valence electrons. The van der Waals surface area contributed by atoms with E-state index in [0.717, 1.165) is 36.5 Å². The van der Waals surface area contributed by atoms with Gasteiger partial charge in [0, 0.05) is 31.8 Å². The zero-order chi connectivity index (χ0) is 18.1. The first-order chi connectivity index (χ1) is 12.6. The van der Waals surface area contributed by atoms with Crippen LogP contribution in [-0.4, -0.2) is 47.1 Å². The summed E-state index contributed by atoms with van der Waals surface area (Å²) in [6, 6.07) is 11.7. The predicted molar refractivity (Wildman–Crippen MR) is 102 cm³/mol. The molecule has 1 aliphatic carbocycles. The molecule has 26 heavy (non-hydrogen) atoms. The number of pyridine rings is 1. The third-order valence-corrected chi connectivity index (χ3v) is 5.31. The van der Waals surface area contributed by atoms with Crippen molar-refractivity contribution < 1.29 is 9.90 Å². The number of aromatic nitrogens is 1. The van der Waals surface area contributed by atoms with Gasteiger partial charge in [-0.1, -0.05) is 37.3 Å². The van der Waals surface area contributed by atoms with E-state index in [1.54, 1.807) is 6.07 Å². The Morgan fingerprint density at radius 2 is 1.88 bits per heavy atom. The van der Waals surface area contributed by atoms with Crippen LogP contribution in [0.15, 0.2) is 48.7 Å². The molecule has 5 nitrogen and oxygen atoms in total. The van der Waals surface area contributed by atoms with Crippen LogP contribution in [0.1, 0.15) is 30.4 Å². The van der Waals surface area contributed by atoms with E-state index in [4.69, 9.17) is 0 Å². The van der Waals surface area contributed by atoms with E-state index in [-0.39, 0.29) is 11.7 Å². The molecule has 1 atom stereocenters. The van der Waals surface area contributed by atoms with Crippen LogP contribution in [0.4, 0.5) is 5.82 Å². The number of nitrogens with zero attached hydrogens (tertiary/aromatic N) is 3. The van der Waals surface area contributed by atoms with Crippen LogP contribution in [0.3, 0.4) is 0 Å². The molecule has 1 fully saturated rings. The van der Waals surface area contributed by atoms with E-state index in [1.807, 2.05) is 23.1 Å². The number of piperazine rings is 1. The number of carbonyl (C=O) groups excluding carboxylic acids is 1. The number of rotatable bonds is 2. The fraction of sp³-hybridized carbons (Fsp3) is 0.333. The first-order valence-corrected chi connectivity index (χ1v) is 9.12. The maximum Gasteiger partial charge on any atom is 0.254 e. The molecule has 2 heterocycles. The lowest BCUT2D eigenvalue weighted by molar-refractivity contribution is -0.125. The molecular formula is C21H23N3O2. The zero-order valence-corrected chi connectivity index (χ0v) is 14.9. The number of fused-ring (bicyclic) bond motifs is 1. The molecule has 1 unspecified atom stereocenters. The molecule has 1 saturated heterocycles. The molecule has 5 heteroatoms. The van der Waals surface area contributed by atoms with Crippen molar-refractivity contribution in [2.75, 3.05) is 31.1 Å². The lowest BCUT2D eigenvalue weighted by Gasteiger charge is -2.36. The standard InChI is InChI=1S/C21H23N3O2/c1-15-6-8-19(18-5-3-2-4-17(15)18)21(26)24-12-10-23(11-13-24)20-9-7-16(25)14-22-20/h2-5,7-9,14-15,25H,6,10-13H2,1H3. The molecule has 2 aliphatic rings. The van der Waals surface area contributed by atoms with Crippen molar-refractivity contribution in [2.24, 2.45) is 0 Å². The Kier molecular flexibility index (Phi) is 4.37. The summed E-state index contributed by atoms with van der Waals surface area (Å²) in [7, 11) is 0. The number of allylic oxidation sites excluding steroid dienone is 1. The second-order valence-electron chi connectivity index (χ2n) is 7.00. The number of aromatic hydroxyl groups is 1. The lowest BCUT2D eigenvalue weighted by atomic mass is 9.83. The summed E-state index contributed by atoms with van der Waals surface area (Å²) in [5, 5.41) is 9.37. The van der Waals surface area contributed by atoms with E-state index in [2.05, 4.69) is 35.0 Å². The van der Waals surface area contributed by atoms with Crippen molar-refractivity contribution in [2.45, 2.75) is 19.3 Å². The van der Waals surface area contributed by atoms with Crippen LogP contribution in [0.5, 0.6) is 5.75 Å². The Morgan fingerprint density at radius 3 is 2.62 bits per heavy atom. The number of carbonyl (C=O) groups is 1. The fourth-order valence-electron chi connectivity index (χ4n) is 3.78. The summed E-state index contributed by atoms with van der Waals surface area (Å²) < 4.78 is 0. The van der Waals surface area contributed by atoms with Gasteiger partial charge in [0.2, 0.25) is 0 Å². The summed E-state index contributed by atoms with van der Waals surface area (Å²) in [5.41, 5.74) is 3.19. The van der Waals surface area contributed by atoms with Crippen molar-refractivity contribution >= 4 is 17.3 Å². The summed E-state index contributed by atoms with van der Waals surface area (Å²) in [4.78, 5) is 21.4. The van der Waals surface area contributed by atoms with Gasteiger partial charge in [-0.05, 0) is 35.6 Å². The second kappa shape index (κ2) is 6.83. The van der Waals surface area contributed by atoms with Gasteiger partial charge in [0.25, 0.3) is 5.91 Å². The van der Waals surface area contributed by atoms with Gasteiger partial charge in [0.05, 0.1) is 6.20 Å². The predicted octanol–water partition coefficient (Wildman–Crippen LogP) is 3.03. The average Bonchev–Trinajstić information content (AvgIpc) is 2.69. The van der Waals surface area contributed by atoms with Gasteiger partial charge >= 0.3 is 0 Å². The molecule has 0 saturated carbocycles. The molecule has 1 aliphatic heterocycles. The third kappa shape index (κ3) is 3.05. The van der Waals surface area contributed by atoms with E-state index < -0.39 is 0 Å². The van der Waals surface area contributed by atoms with Gasteiger partial charge in [-0.2, -0.15) is 0 Å². The highest BCUT2D eigenvalue weighted by atomic mass is 16.3. The molecule has 2 aromatic rings. The van der Waals surface area contributed by atoms with Crippen LogP contribution < -0.4 is 4.90 Å². The fourth-order valence-corrected chi connectivity index (χ4v) is 3.78. The first-order valence-electron chi connectivity index (χ1n) is 9.12. The van der Waals surface area contributed by atoms with Crippen LogP contribution in [-0.2, 0) is 4.79 Å². The van der Waals surface area contributed by atoms with Crippen molar-refractivity contribution in [3.8, 4) is 5.75 Å². The SMILES string of the molecule is CC1CC=C(C(=O)N2CCN(c3ccc(O)cn3)CC2)c2ccccc21. The van der Waals surface area contributed by atoms with Crippen LogP contribution in [0.25, 0.3) is 5.57 Å². The second-order valence-corrected chi connectivity index (χ2v) is 7.00. The largest absolute Gasteiger partial charge is 0.506 e. The third-order valence-electron chi connectivity index (χ3n) is 5.31. The lowest BCUT2D eigenvalue weighted by Crippen LogP contribution is -2.49. The minimum Gasteiger partial charge on any atom is -0.506 e. The Bertz CT molecular complexity index is 837. The average molecular weight is 349 g/mol. The van der Waals surface area contributed by atoms with Gasteiger partial charge < -0.3 is 14.9 Å². The number of hydrogen-bond donors (Lipinski definition) is 1. The Balaban J connectivity index is 1.46. The molecule has 0 spiro atoms. The molecule has 1 aromatic heterocycles. The van der Waals surface area contributed by atoms with E-state index in [1.165, 1.54) is 11.8 Å². The number of benzene rings is 1. The van der Waals surface area contributed by atoms with Gasteiger partial charge in [0.1, 0.15) is 11.6 Å². The van der Waals surface area contributed by atoms with Crippen molar-refractivity contribution in [3.63, 3.8) is 0 Å². The minimum absolute atomic E-state index is 0.127. The maximum atomic E-state index is 13.1. The summed E-state index contributed by atoms with van der Waals surface area (Å²) in [5.74, 6) is 1.59. The van der Waals surface area contributed by atoms with Gasteiger partial charge in [-0.3, -0.25) is 4.79 Å². The smallest absolute Gasteiger partial charge is 0.254 e. The Labute approximate surface area is 153 Å². The van der Waals surface area contributed by atoms with Crippen LogP contribution in [0.2, 0.25) is 0 Å². The summed E-state index contributed by atoms with van der Waals surface area (Å²) >= 11 is 0. The normalized spacial score (nSPS) is 19.7. The maximum absolute atomic E-state index is 13.1. The number of anilines is 1. The summed E-state index contributed by atoms with van der Waals surface area (Å²) in [6.07, 6.45) is 4.47. The molecule has 1 amide bonds. The highest BCUT2D eigenvalue weighted by Gasteiger charge is 2.28. The highest BCUT2D eigenvalue weighted by Crippen LogP contribution is 2.35. The molecule has 1 N–H and O–H groups in total. The van der Waals surface area contributed by atoms with Gasteiger partial charge in [0.15, 0.2) is 0 Å². The first kappa shape index (κ1) is 16.6. The number of hydrogen-bond acceptors (Lipinski definition) is 4. The van der Waals surface area contributed by atoms with E-state index in [9.17, 15) is 9.90 Å². The minimum atomic E-state index is 0.127. The molecule has 4 rings (SSSR count). The van der Waals surface area contributed by atoms with Crippen LogP contribution in [0, 0.1) is 0 Å². The Morgan fingerprint density at radius 1 is 1.12 bits per heavy atom. The van der Waals surface area contributed by atoms with E-state index >= 15 is 0 Å². The van der Waals surface area contributed by atoms with Gasteiger partial charge in [-0.25, -0.2) is 4.98 Å². The van der Waals surface area contributed by atoms with Crippen LogP contribution >= 0.6 is 0 Å². The van der Waals surface area contributed by atoms with Crippen molar-refractivity contribution in [1.82, 2.24) is 9.88 Å². The molecule has 0 radical (unpaired) electrons. The number of amides is 1. The quantitative estimate of drug-likeness (QED) is 0.905. The highest BCUT2D eigenvalue weighted by molar-refractivity contribution is 6.20. The monoisotopic (exact) mass is 349 g/mol. The molecular weight excluding hydrogens is 326 g/mol. The molecule has 1 aromatic carbocycles. The zero-order valence-electron chi connectivity index (χ0n) is 14.9.